The number of anilines is 1. The van der Waals surface area contributed by atoms with Crippen LogP contribution in [-0.2, 0) is 11.2 Å². The molecule has 0 atom stereocenters. The van der Waals surface area contributed by atoms with Crippen LogP contribution in [0.2, 0.25) is 0 Å². The van der Waals surface area contributed by atoms with Gasteiger partial charge in [0, 0.05) is 17.8 Å². The Kier molecular flexibility index (Phi) is 4.82. The molecule has 2 aromatic carbocycles. The van der Waals surface area contributed by atoms with Crippen LogP contribution < -0.4 is 24.5 Å². The molecule has 2 aliphatic heterocycles. The van der Waals surface area contributed by atoms with Gasteiger partial charge in [0.25, 0.3) is 5.91 Å². The Bertz CT molecular complexity index is 882. The van der Waals surface area contributed by atoms with E-state index < -0.39 is 0 Å². The highest BCUT2D eigenvalue weighted by molar-refractivity contribution is 5.86. The summed E-state index contributed by atoms with van der Waals surface area (Å²) in [4.78, 5) is 14.4. The summed E-state index contributed by atoms with van der Waals surface area (Å²) in [6.07, 6.45) is 3.66. The van der Waals surface area contributed by atoms with Crippen LogP contribution in [-0.4, -0.2) is 39.1 Å². The molecule has 0 radical (unpaired) electrons. The number of amides is 1. The van der Waals surface area contributed by atoms with Crippen molar-refractivity contribution in [1.29, 1.82) is 0 Å². The first-order chi connectivity index (χ1) is 13.2. The molecule has 2 aromatic rings. The molecule has 7 nitrogen and oxygen atoms in total. The summed E-state index contributed by atoms with van der Waals surface area (Å²) in [6.45, 7) is 1.31. The third-order valence-corrected chi connectivity index (χ3v) is 4.62. The van der Waals surface area contributed by atoms with Crippen LogP contribution in [0, 0.1) is 0 Å². The van der Waals surface area contributed by atoms with Crippen molar-refractivity contribution in [1.82, 2.24) is 5.43 Å². The molecule has 0 spiro atoms. The molecule has 140 valence electrons. The third-order valence-electron chi connectivity index (χ3n) is 4.62. The highest BCUT2D eigenvalue weighted by atomic mass is 16.7. The van der Waals surface area contributed by atoms with E-state index in [1.54, 1.807) is 25.5 Å². The lowest BCUT2D eigenvalue weighted by Crippen LogP contribution is -2.38. The molecule has 7 heteroatoms. The van der Waals surface area contributed by atoms with Gasteiger partial charge in [0.15, 0.2) is 11.5 Å². The maximum atomic E-state index is 12.3. The summed E-state index contributed by atoms with van der Waals surface area (Å²) < 4.78 is 16.0. The second-order valence-electron chi connectivity index (χ2n) is 6.40. The van der Waals surface area contributed by atoms with Crippen LogP contribution in [0.25, 0.3) is 0 Å². The Hall–Kier alpha value is -3.22. The molecule has 27 heavy (non-hydrogen) atoms. The number of nitrogens with zero attached hydrogens (tertiary/aromatic N) is 2. The number of ether oxygens (including phenoxy) is 3. The molecule has 1 N–H and O–H groups in total. The maximum Gasteiger partial charge on any atom is 0.259 e. The van der Waals surface area contributed by atoms with Gasteiger partial charge in [-0.15, -0.1) is 0 Å². The van der Waals surface area contributed by atoms with E-state index in [9.17, 15) is 4.79 Å². The summed E-state index contributed by atoms with van der Waals surface area (Å²) >= 11 is 0. The number of rotatable bonds is 5. The molecule has 1 amide bonds. The Morgan fingerprint density at radius 1 is 1.33 bits per heavy atom. The topological polar surface area (TPSA) is 72.4 Å². The standard InChI is InChI=1S/C20H21N3O4/c1-25-17-9-14(10-18-20(17)27-13-26-18)11-21-22-19(24)12-23-8-4-6-15-5-2-3-7-16(15)23/h2-3,5,7,9-11H,4,6,8,12-13H2,1H3,(H,22,24)/b21-11-. The van der Waals surface area contributed by atoms with Crippen LogP contribution >= 0.6 is 0 Å². The van der Waals surface area contributed by atoms with E-state index in [2.05, 4.69) is 27.6 Å². The molecule has 4 rings (SSSR count). The number of aryl methyl sites for hydroxylation is 1. The minimum atomic E-state index is -0.157. The first kappa shape index (κ1) is 17.2. The van der Waals surface area contributed by atoms with Gasteiger partial charge in [-0.05, 0) is 36.6 Å². The van der Waals surface area contributed by atoms with Crippen molar-refractivity contribution in [2.45, 2.75) is 12.8 Å². The van der Waals surface area contributed by atoms with Crippen molar-refractivity contribution in [3.63, 3.8) is 0 Å². The molecule has 0 saturated carbocycles. The van der Waals surface area contributed by atoms with E-state index in [4.69, 9.17) is 14.2 Å². The predicted molar refractivity (Wildman–Crippen MR) is 102 cm³/mol. The molecule has 2 heterocycles. The fourth-order valence-electron chi connectivity index (χ4n) is 3.39. The number of nitrogens with one attached hydrogen (secondary N) is 1. The second-order valence-corrected chi connectivity index (χ2v) is 6.40. The summed E-state index contributed by atoms with van der Waals surface area (Å²) in [7, 11) is 1.57. The van der Waals surface area contributed by atoms with Crippen LogP contribution in [0.15, 0.2) is 41.5 Å². The molecular formula is C20H21N3O4. The minimum absolute atomic E-state index is 0.157. The minimum Gasteiger partial charge on any atom is -0.493 e. The van der Waals surface area contributed by atoms with E-state index in [0.717, 1.165) is 30.6 Å². The zero-order valence-corrected chi connectivity index (χ0v) is 15.1. The predicted octanol–water partition coefficient (Wildman–Crippen LogP) is 2.33. The summed E-state index contributed by atoms with van der Waals surface area (Å²) in [5.74, 6) is 1.60. The third kappa shape index (κ3) is 3.67. The monoisotopic (exact) mass is 367 g/mol. The van der Waals surface area contributed by atoms with Gasteiger partial charge in [-0.25, -0.2) is 5.43 Å². The van der Waals surface area contributed by atoms with Gasteiger partial charge in [0.2, 0.25) is 12.5 Å². The average molecular weight is 367 g/mol. The number of hydrogen-bond acceptors (Lipinski definition) is 6. The number of benzene rings is 2. The van der Waals surface area contributed by atoms with E-state index in [1.807, 2.05) is 12.1 Å². The van der Waals surface area contributed by atoms with Crippen molar-refractivity contribution < 1.29 is 19.0 Å². The fraction of sp³-hybridized carbons (Fsp3) is 0.300. The Balaban J connectivity index is 1.39. The number of hydrogen-bond donors (Lipinski definition) is 1. The lowest BCUT2D eigenvalue weighted by atomic mass is 10.0. The maximum absolute atomic E-state index is 12.3. The Morgan fingerprint density at radius 3 is 3.11 bits per heavy atom. The SMILES string of the molecule is COc1cc(/C=N\NC(=O)CN2CCCc3ccccc32)cc2c1OCO2. The van der Waals surface area contributed by atoms with Gasteiger partial charge in [-0.1, -0.05) is 18.2 Å². The van der Waals surface area contributed by atoms with E-state index >= 15 is 0 Å². The molecule has 0 aliphatic carbocycles. The highest BCUT2D eigenvalue weighted by Crippen LogP contribution is 2.41. The zero-order chi connectivity index (χ0) is 18.6. The lowest BCUT2D eigenvalue weighted by molar-refractivity contribution is -0.119. The van der Waals surface area contributed by atoms with Crippen molar-refractivity contribution in [2.75, 3.05) is 31.9 Å². The molecule has 0 aromatic heterocycles. The van der Waals surface area contributed by atoms with Crippen molar-refractivity contribution >= 4 is 17.8 Å². The first-order valence-electron chi connectivity index (χ1n) is 8.87. The molecule has 0 bridgehead atoms. The van der Waals surface area contributed by atoms with Gasteiger partial charge in [0.1, 0.15) is 0 Å². The van der Waals surface area contributed by atoms with Gasteiger partial charge < -0.3 is 19.1 Å². The van der Waals surface area contributed by atoms with Gasteiger partial charge in [0.05, 0.1) is 19.9 Å². The van der Waals surface area contributed by atoms with Crippen LogP contribution in [0.4, 0.5) is 5.69 Å². The first-order valence-corrected chi connectivity index (χ1v) is 8.87. The van der Waals surface area contributed by atoms with Crippen LogP contribution in [0.1, 0.15) is 17.5 Å². The number of carbonyl (C=O) groups is 1. The second kappa shape index (κ2) is 7.57. The number of para-hydroxylation sites is 1. The van der Waals surface area contributed by atoms with Gasteiger partial charge in [-0.2, -0.15) is 5.10 Å². The highest BCUT2D eigenvalue weighted by Gasteiger charge is 2.20. The summed E-state index contributed by atoms with van der Waals surface area (Å²) in [6, 6.07) is 11.8. The normalized spacial score (nSPS) is 14.9. The zero-order valence-electron chi connectivity index (χ0n) is 15.1. The number of methoxy groups -OCH3 is 1. The number of carbonyl (C=O) groups excluding carboxylic acids is 1. The van der Waals surface area contributed by atoms with Gasteiger partial charge >= 0.3 is 0 Å². The molecule has 2 aliphatic rings. The summed E-state index contributed by atoms with van der Waals surface area (Å²) in [5.41, 5.74) is 5.75. The van der Waals surface area contributed by atoms with Crippen LogP contribution in [0.5, 0.6) is 17.2 Å². The van der Waals surface area contributed by atoms with Crippen molar-refractivity contribution in [3.8, 4) is 17.2 Å². The number of hydrazone groups is 1. The fourth-order valence-corrected chi connectivity index (χ4v) is 3.39. The van der Waals surface area contributed by atoms with E-state index in [0.29, 0.717) is 17.2 Å². The molecular weight excluding hydrogens is 346 g/mol. The van der Waals surface area contributed by atoms with Crippen molar-refractivity contribution in [3.05, 3.63) is 47.5 Å². The van der Waals surface area contributed by atoms with E-state index in [1.165, 1.54) is 5.56 Å². The average Bonchev–Trinajstić information content (AvgIpc) is 3.16. The van der Waals surface area contributed by atoms with Crippen molar-refractivity contribution in [2.24, 2.45) is 5.10 Å². The van der Waals surface area contributed by atoms with Crippen LogP contribution in [0.3, 0.4) is 0 Å². The summed E-state index contributed by atoms with van der Waals surface area (Å²) in [5, 5.41) is 4.06. The molecule has 0 unspecified atom stereocenters. The quantitative estimate of drug-likeness (QED) is 0.649. The molecule has 0 saturated heterocycles. The molecule has 0 fully saturated rings. The number of fused-ring (bicyclic) bond motifs is 2. The van der Waals surface area contributed by atoms with Gasteiger partial charge in [-0.3, -0.25) is 4.79 Å². The van der Waals surface area contributed by atoms with E-state index in [-0.39, 0.29) is 19.2 Å². The smallest absolute Gasteiger partial charge is 0.259 e. The Morgan fingerprint density at radius 2 is 2.22 bits per heavy atom. The lowest BCUT2D eigenvalue weighted by Gasteiger charge is -2.30. The largest absolute Gasteiger partial charge is 0.493 e. The Labute approximate surface area is 157 Å².